The molecule has 1 amide bonds. The standard InChI is InChI=1S/C25H29ClN4O3/c1-3-32-22-9-7-18(8-10-22)17(2)27-25(31)19-11-13-30(14-12-19)16-23-28-24(29-33-23)20-5-4-6-21(26)15-20/h4-10,15,17,19H,3,11-14,16H2,1-2H3,(H,27,31). The second kappa shape index (κ2) is 10.8. The predicted octanol–water partition coefficient (Wildman–Crippen LogP) is 4.88. The van der Waals surface area contributed by atoms with E-state index in [0.29, 0.717) is 29.9 Å². The first-order valence-electron chi connectivity index (χ1n) is 11.4. The fourth-order valence-electron chi connectivity index (χ4n) is 4.04. The van der Waals surface area contributed by atoms with Gasteiger partial charge in [-0.15, -0.1) is 0 Å². The van der Waals surface area contributed by atoms with Gasteiger partial charge < -0.3 is 14.6 Å². The molecule has 4 rings (SSSR count). The average Bonchev–Trinajstić information content (AvgIpc) is 3.29. The van der Waals surface area contributed by atoms with Crippen molar-refractivity contribution in [2.75, 3.05) is 19.7 Å². The molecular formula is C25H29ClN4O3. The smallest absolute Gasteiger partial charge is 0.241 e. The third-order valence-electron chi connectivity index (χ3n) is 5.92. The number of hydrogen-bond donors (Lipinski definition) is 1. The summed E-state index contributed by atoms with van der Waals surface area (Å²) < 4.78 is 10.9. The number of piperidine rings is 1. The molecule has 1 unspecified atom stereocenters. The zero-order chi connectivity index (χ0) is 23.2. The number of likely N-dealkylation sites (tertiary alicyclic amines) is 1. The van der Waals surface area contributed by atoms with Crippen LogP contribution < -0.4 is 10.1 Å². The molecule has 1 aromatic heterocycles. The number of ether oxygens (including phenoxy) is 1. The molecule has 0 saturated carbocycles. The Kier molecular flexibility index (Phi) is 7.62. The summed E-state index contributed by atoms with van der Waals surface area (Å²) in [6, 6.07) is 15.2. The van der Waals surface area contributed by atoms with E-state index in [1.807, 2.05) is 62.4 Å². The lowest BCUT2D eigenvalue weighted by Crippen LogP contribution is -2.40. The molecule has 0 aliphatic carbocycles. The van der Waals surface area contributed by atoms with Crippen LogP contribution >= 0.6 is 11.6 Å². The molecule has 1 atom stereocenters. The maximum Gasteiger partial charge on any atom is 0.241 e. The molecule has 1 saturated heterocycles. The topological polar surface area (TPSA) is 80.5 Å². The van der Waals surface area contributed by atoms with E-state index in [9.17, 15) is 4.79 Å². The van der Waals surface area contributed by atoms with Crippen molar-refractivity contribution in [2.24, 2.45) is 5.92 Å². The van der Waals surface area contributed by atoms with E-state index < -0.39 is 0 Å². The van der Waals surface area contributed by atoms with E-state index in [1.165, 1.54) is 0 Å². The number of amides is 1. The number of carbonyl (C=O) groups excluding carboxylic acids is 1. The van der Waals surface area contributed by atoms with Gasteiger partial charge in [-0.25, -0.2) is 0 Å². The van der Waals surface area contributed by atoms with Gasteiger partial charge in [-0.2, -0.15) is 4.98 Å². The molecule has 2 heterocycles. The maximum atomic E-state index is 12.8. The molecule has 1 fully saturated rings. The van der Waals surface area contributed by atoms with Crippen molar-refractivity contribution in [3.63, 3.8) is 0 Å². The normalized spacial score (nSPS) is 15.8. The number of benzene rings is 2. The molecule has 8 heteroatoms. The molecule has 0 radical (unpaired) electrons. The second-order valence-electron chi connectivity index (χ2n) is 8.30. The first-order chi connectivity index (χ1) is 16.0. The maximum absolute atomic E-state index is 12.8. The summed E-state index contributed by atoms with van der Waals surface area (Å²) >= 11 is 6.05. The lowest BCUT2D eigenvalue weighted by Gasteiger charge is -2.30. The van der Waals surface area contributed by atoms with Crippen LogP contribution in [-0.4, -0.2) is 40.6 Å². The molecule has 174 valence electrons. The fourth-order valence-corrected chi connectivity index (χ4v) is 4.23. The van der Waals surface area contributed by atoms with E-state index >= 15 is 0 Å². The summed E-state index contributed by atoms with van der Waals surface area (Å²) in [5.41, 5.74) is 1.89. The summed E-state index contributed by atoms with van der Waals surface area (Å²) in [6.45, 7) is 6.80. The van der Waals surface area contributed by atoms with Gasteiger partial charge in [0.25, 0.3) is 0 Å². The van der Waals surface area contributed by atoms with Crippen molar-refractivity contribution in [3.05, 3.63) is 65.0 Å². The van der Waals surface area contributed by atoms with Gasteiger partial charge in [0.1, 0.15) is 5.75 Å². The summed E-state index contributed by atoms with van der Waals surface area (Å²) in [4.78, 5) is 19.5. The van der Waals surface area contributed by atoms with E-state index in [2.05, 4.69) is 20.4 Å². The van der Waals surface area contributed by atoms with Crippen molar-refractivity contribution in [1.82, 2.24) is 20.4 Å². The van der Waals surface area contributed by atoms with Crippen LogP contribution in [0.1, 0.15) is 44.2 Å². The van der Waals surface area contributed by atoms with Crippen molar-refractivity contribution in [1.29, 1.82) is 0 Å². The van der Waals surface area contributed by atoms with Crippen LogP contribution in [0.25, 0.3) is 11.4 Å². The molecular weight excluding hydrogens is 440 g/mol. The van der Waals surface area contributed by atoms with Crippen LogP contribution in [0.15, 0.2) is 53.1 Å². The zero-order valence-electron chi connectivity index (χ0n) is 19.0. The molecule has 3 aromatic rings. The Hall–Kier alpha value is -2.90. The molecule has 1 N–H and O–H groups in total. The van der Waals surface area contributed by atoms with Crippen LogP contribution in [-0.2, 0) is 11.3 Å². The largest absolute Gasteiger partial charge is 0.494 e. The van der Waals surface area contributed by atoms with E-state index in [1.54, 1.807) is 0 Å². The van der Waals surface area contributed by atoms with Crippen LogP contribution in [0.3, 0.4) is 0 Å². The number of nitrogens with one attached hydrogen (secondary N) is 1. The SMILES string of the molecule is CCOc1ccc(C(C)NC(=O)C2CCN(Cc3nc(-c4cccc(Cl)c4)no3)CC2)cc1. The second-order valence-corrected chi connectivity index (χ2v) is 8.74. The number of aromatic nitrogens is 2. The molecule has 7 nitrogen and oxygen atoms in total. The number of halogens is 1. The lowest BCUT2D eigenvalue weighted by atomic mass is 9.95. The van der Waals surface area contributed by atoms with E-state index in [0.717, 1.165) is 42.8 Å². The minimum Gasteiger partial charge on any atom is -0.494 e. The number of rotatable bonds is 8. The van der Waals surface area contributed by atoms with Gasteiger partial charge in [0.15, 0.2) is 0 Å². The highest BCUT2D eigenvalue weighted by atomic mass is 35.5. The summed E-state index contributed by atoms with van der Waals surface area (Å²) in [5, 5.41) is 7.86. The Morgan fingerprint density at radius 3 is 2.70 bits per heavy atom. The summed E-state index contributed by atoms with van der Waals surface area (Å²) in [6.07, 6.45) is 1.61. The highest BCUT2D eigenvalue weighted by molar-refractivity contribution is 6.30. The Labute approximate surface area is 199 Å². The number of carbonyl (C=O) groups is 1. The average molecular weight is 469 g/mol. The summed E-state index contributed by atoms with van der Waals surface area (Å²) in [7, 11) is 0. The van der Waals surface area contributed by atoms with Gasteiger partial charge in [0, 0.05) is 16.5 Å². The number of hydrogen-bond acceptors (Lipinski definition) is 6. The molecule has 0 bridgehead atoms. The highest BCUT2D eigenvalue weighted by Gasteiger charge is 2.27. The van der Waals surface area contributed by atoms with E-state index in [-0.39, 0.29) is 17.9 Å². The van der Waals surface area contributed by atoms with Crippen LogP contribution in [0, 0.1) is 5.92 Å². The quantitative estimate of drug-likeness (QED) is 0.507. The predicted molar refractivity (Wildman–Crippen MR) is 127 cm³/mol. The monoisotopic (exact) mass is 468 g/mol. The highest BCUT2D eigenvalue weighted by Crippen LogP contribution is 2.24. The Balaban J connectivity index is 1.25. The Morgan fingerprint density at radius 2 is 2.00 bits per heavy atom. The Morgan fingerprint density at radius 1 is 1.24 bits per heavy atom. The minimum absolute atomic E-state index is 0.0103. The van der Waals surface area contributed by atoms with Crippen LogP contribution in [0.5, 0.6) is 5.75 Å². The zero-order valence-corrected chi connectivity index (χ0v) is 19.7. The van der Waals surface area contributed by atoms with Gasteiger partial charge in [-0.1, -0.05) is 41.0 Å². The van der Waals surface area contributed by atoms with Gasteiger partial charge in [-0.3, -0.25) is 9.69 Å². The van der Waals surface area contributed by atoms with Gasteiger partial charge in [0.2, 0.25) is 17.6 Å². The third kappa shape index (κ3) is 6.12. The van der Waals surface area contributed by atoms with Crippen molar-refractivity contribution < 1.29 is 14.1 Å². The van der Waals surface area contributed by atoms with Crippen molar-refractivity contribution in [3.8, 4) is 17.1 Å². The molecule has 0 spiro atoms. The first-order valence-corrected chi connectivity index (χ1v) is 11.7. The molecule has 1 aliphatic rings. The lowest BCUT2D eigenvalue weighted by molar-refractivity contribution is -0.127. The van der Waals surface area contributed by atoms with Crippen molar-refractivity contribution >= 4 is 17.5 Å². The minimum atomic E-state index is -0.0467. The van der Waals surface area contributed by atoms with Crippen LogP contribution in [0.2, 0.25) is 5.02 Å². The van der Waals surface area contributed by atoms with E-state index in [4.69, 9.17) is 20.9 Å². The third-order valence-corrected chi connectivity index (χ3v) is 6.15. The first kappa shape index (κ1) is 23.3. The van der Waals surface area contributed by atoms with Gasteiger partial charge in [0.05, 0.1) is 19.2 Å². The summed E-state index contributed by atoms with van der Waals surface area (Å²) in [5.74, 6) is 2.06. The van der Waals surface area contributed by atoms with Crippen LogP contribution in [0.4, 0.5) is 0 Å². The molecule has 33 heavy (non-hydrogen) atoms. The fraction of sp³-hybridized carbons (Fsp3) is 0.400. The van der Waals surface area contributed by atoms with Gasteiger partial charge in [-0.05, 0) is 69.6 Å². The molecule has 2 aromatic carbocycles. The van der Waals surface area contributed by atoms with Gasteiger partial charge >= 0.3 is 0 Å². The molecule has 1 aliphatic heterocycles. The number of nitrogens with zero attached hydrogens (tertiary/aromatic N) is 3. The Bertz CT molecular complexity index is 1060. The van der Waals surface area contributed by atoms with Crippen molar-refractivity contribution in [2.45, 2.75) is 39.3 Å².